The molecule has 0 aliphatic rings. The molecule has 0 unspecified atom stereocenters. The van der Waals surface area contributed by atoms with Crippen LogP contribution in [0.15, 0.2) is 29.1 Å². The average molecular weight is 238 g/mol. The largest absolute Gasteiger partial charge is 0.370 e. The molecule has 0 spiro atoms. The maximum Gasteiger partial charge on any atom is 0.295 e. The maximum atomic E-state index is 13.4. The molecule has 7 nitrogen and oxygen atoms in total. The molecule has 0 radical (unpaired) electrons. The second kappa shape index (κ2) is 4.56. The lowest BCUT2D eigenvalue weighted by atomic mass is 10.2. The van der Waals surface area contributed by atoms with Gasteiger partial charge in [-0.15, -0.1) is 0 Å². The Bertz CT molecular complexity index is 529. The number of hydrogen-bond acceptors (Lipinski definition) is 6. The molecule has 17 heavy (non-hydrogen) atoms. The normalized spacial score (nSPS) is 10.2. The van der Waals surface area contributed by atoms with Gasteiger partial charge < -0.3 is 9.84 Å². The standard InChI is InChI=1S/C9H7FN4O3/c10-6-2-1-3-7(14(15)16)9(6)11-4-8-12-5-17-13-8/h1-3,5,11H,4H2. The molecule has 0 bridgehead atoms. The van der Waals surface area contributed by atoms with Gasteiger partial charge >= 0.3 is 0 Å². The Morgan fingerprint density at radius 2 is 2.35 bits per heavy atom. The molecule has 1 N–H and O–H groups in total. The van der Waals surface area contributed by atoms with E-state index in [0.29, 0.717) is 0 Å². The smallest absolute Gasteiger partial charge is 0.295 e. The van der Waals surface area contributed by atoms with E-state index < -0.39 is 10.7 Å². The molecule has 1 heterocycles. The summed E-state index contributed by atoms with van der Waals surface area (Å²) in [6.07, 6.45) is 1.12. The van der Waals surface area contributed by atoms with Crippen LogP contribution in [-0.4, -0.2) is 15.1 Å². The van der Waals surface area contributed by atoms with Gasteiger partial charge in [-0.1, -0.05) is 11.2 Å². The summed E-state index contributed by atoms with van der Waals surface area (Å²) >= 11 is 0. The second-order valence-electron chi connectivity index (χ2n) is 3.09. The first-order valence-corrected chi connectivity index (χ1v) is 4.60. The first-order chi connectivity index (χ1) is 8.18. The quantitative estimate of drug-likeness (QED) is 0.643. The van der Waals surface area contributed by atoms with Crippen molar-refractivity contribution in [2.45, 2.75) is 6.54 Å². The van der Waals surface area contributed by atoms with E-state index in [-0.39, 0.29) is 23.7 Å². The molecule has 1 aromatic heterocycles. The van der Waals surface area contributed by atoms with Crippen LogP contribution in [0.2, 0.25) is 0 Å². The van der Waals surface area contributed by atoms with E-state index in [1.807, 2.05) is 0 Å². The Hall–Kier alpha value is -2.51. The number of hydrogen-bond donors (Lipinski definition) is 1. The van der Waals surface area contributed by atoms with Crippen molar-refractivity contribution in [3.63, 3.8) is 0 Å². The second-order valence-corrected chi connectivity index (χ2v) is 3.09. The highest BCUT2D eigenvalue weighted by Gasteiger charge is 2.17. The van der Waals surface area contributed by atoms with E-state index >= 15 is 0 Å². The molecule has 0 fully saturated rings. The lowest BCUT2D eigenvalue weighted by molar-refractivity contribution is -0.384. The zero-order valence-electron chi connectivity index (χ0n) is 8.46. The Morgan fingerprint density at radius 3 is 3.00 bits per heavy atom. The van der Waals surface area contributed by atoms with Gasteiger partial charge in [-0.3, -0.25) is 10.1 Å². The molecule has 1 aromatic carbocycles. The molecule has 8 heteroatoms. The van der Waals surface area contributed by atoms with E-state index in [1.54, 1.807) is 0 Å². The lowest BCUT2D eigenvalue weighted by Gasteiger charge is -2.05. The van der Waals surface area contributed by atoms with Gasteiger partial charge in [0.25, 0.3) is 5.69 Å². The maximum absolute atomic E-state index is 13.4. The highest BCUT2D eigenvalue weighted by molar-refractivity contribution is 5.62. The first kappa shape index (κ1) is 11.0. The molecule has 0 saturated carbocycles. The Labute approximate surface area is 94.4 Å². The van der Waals surface area contributed by atoms with Crippen LogP contribution < -0.4 is 5.32 Å². The van der Waals surface area contributed by atoms with Gasteiger partial charge in [0.1, 0.15) is 5.69 Å². The van der Waals surface area contributed by atoms with E-state index in [4.69, 9.17) is 0 Å². The topological polar surface area (TPSA) is 94.1 Å². The molecule has 0 amide bonds. The lowest BCUT2D eigenvalue weighted by Crippen LogP contribution is -2.05. The molecular weight excluding hydrogens is 231 g/mol. The summed E-state index contributed by atoms with van der Waals surface area (Å²) in [6.45, 7) is 0.0400. The monoisotopic (exact) mass is 238 g/mol. The molecule has 0 atom stereocenters. The summed E-state index contributed by atoms with van der Waals surface area (Å²) in [5.74, 6) is -0.426. The Morgan fingerprint density at radius 1 is 1.53 bits per heavy atom. The fourth-order valence-corrected chi connectivity index (χ4v) is 1.28. The molecular formula is C9H7FN4O3. The van der Waals surface area contributed by atoms with E-state index in [1.165, 1.54) is 12.1 Å². The van der Waals surface area contributed by atoms with Gasteiger partial charge in [-0.05, 0) is 6.07 Å². The van der Waals surface area contributed by atoms with Crippen molar-refractivity contribution in [1.82, 2.24) is 10.1 Å². The van der Waals surface area contributed by atoms with E-state index in [9.17, 15) is 14.5 Å². The number of nitro benzene ring substituents is 1. The summed E-state index contributed by atoms with van der Waals surface area (Å²) in [4.78, 5) is 13.7. The van der Waals surface area contributed by atoms with Crippen LogP contribution in [-0.2, 0) is 6.54 Å². The SMILES string of the molecule is O=[N+]([O-])c1cccc(F)c1NCc1ncon1. The van der Waals surface area contributed by atoms with Crippen LogP contribution in [0.1, 0.15) is 5.82 Å². The van der Waals surface area contributed by atoms with Crippen LogP contribution in [0.5, 0.6) is 0 Å². The van der Waals surface area contributed by atoms with E-state index in [0.717, 1.165) is 12.5 Å². The molecule has 0 saturated heterocycles. The van der Waals surface area contributed by atoms with Crippen LogP contribution >= 0.6 is 0 Å². The Balaban J connectivity index is 2.22. The van der Waals surface area contributed by atoms with Gasteiger partial charge in [0.15, 0.2) is 11.6 Å². The van der Waals surface area contributed by atoms with Gasteiger partial charge in [0.05, 0.1) is 11.5 Å². The van der Waals surface area contributed by atoms with Crippen molar-refractivity contribution in [3.05, 3.63) is 46.3 Å². The van der Waals surface area contributed by atoms with Gasteiger partial charge in [-0.2, -0.15) is 4.98 Å². The number of nitro groups is 1. The number of rotatable bonds is 4. The number of para-hydroxylation sites is 1. The number of anilines is 1. The molecule has 2 rings (SSSR count). The number of nitrogens with zero attached hydrogens (tertiary/aromatic N) is 3. The summed E-state index contributed by atoms with van der Waals surface area (Å²) in [7, 11) is 0. The summed E-state index contributed by atoms with van der Waals surface area (Å²) in [5.41, 5.74) is -0.532. The number of halogens is 1. The summed E-state index contributed by atoms with van der Waals surface area (Å²) in [5, 5.41) is 16.7. The van der Waals surface area contributed by atoms with Crippen LogP contribution in [0.25, 0.3) is 0 Å². The number of nitrogens with one attached hydrogen (secondary N) is 1. The Kier molecular flexibility index (Phi) is 2.95. The van der Waals surface area contributed by atoms with Crippen molar-refractivity contribution < 1.29 is 13.8 Å². The third kappa shape index (κ3) is 2.36. The third-order valence-corrected chi connectivity index (χ3v) is 2.02. The van der Waals surface area contributed by atoms with Crippen molar-refractivity contribution in [2.24, 2.45) is 0 Å². The van der Waals surface area contributed by atoms with Gasteiger partial charge in [0.2, 0.25) is 6.39 Å². The molecule has 0 aliphatic heterocycles. The van der Waals surface area contributed by atoms with Crippen molar-refractivity contribution >= 4 is 11.4 Å². The first-order valence-electron chi connectivity index (χ1n) is 4.60. The molecule has 0 aliphatic carbocycles. The van der Waals surface area contributed by atoms with Crippen molar-refractivity contribution in [2.75, 3.05) is 5.32 Å². The minimum Gasteiger partial charge on any atom is -0.370 e. The third-order valence-electron chi connectivity index (χ3n) is 2.02. The van der Waals surface area contributed by atoms with Crippen LogP contribution in [0, 0.1) is 15.9 Å². The highest BCUT2D eigenvalue weighted by atomic mass is 19.1. The van der Waals surface area contributed by atoms with Crippen LogP contribution in [0.4, 0.5) is 15.8 Å². The fourth-order valence-electron chi connectivity index (χ4n) is 1.28. The fraction of sp³-hybridized carbons (Fsp3) is 0.111. The zero-order valence-corrected chi connectivity index (χ0v) is 8.46. The van der Waals surface area contributed by atoms with Gasteiger partial charge in [-0.25, -0.2) is 4.39 Å². The average Bonchev–Trinajstić information content (AvgIpc) is 2.80. The van der Waals surface area contributed by atoms with Crippen molar-refractivity contribution in [3.8, 4) is 0 Å². The van der Waals surface area contributed by atoms with Crippen LogP contribution in [0.3, 0.4) is 0 Å². The number of aromatic nitrogens is 2. The predicted octanol–water partition coefficient (Wildman–Crippen LogP) is 1.73. The van der Waals surface area contributed by atoms with E-state index in [2.05, 4.69) is 20.0 Å². The molecule has 2 aromatic rings. The number of benzene rings is 1. The van der Waals surface area contributed by atoms with Crippen molar-refractivity contribution in [1.29, 1.82) is 0 Å². The minimum absolute atomic E-state index is 0.0400. The minimum atomic E-state index is -0.706. The summed E-state index contributed by atoms with van der Waals surface area (Å²) < 4.78 is 17.9. The predicted molar refractivity (Wildman–Crippen MR) is 54.7 cm³/mol. The highest BCUT2D eigenvalue weighted by Crippen LogP contribution is 2.27. The summed E-state index contributed by atoms with van der Waals surface area (Å²) in [6, 6.07) is 3.61. The molecule has 88 valence electrons. The zero-order chi connectivity index (χ0) is 12.3. The van der Waals surface area contributed by atoms with Gasteiger partial charge in [0, 0.05) is 6.07 Å².